The maximum absolute atomic E-state index is 11.4. The monoisotopic (exact) mass is 353 g/mol. The summed E-state index contributed by atoms with van der Waals surface area (Å²) in [6, 6.07) is 11.1. The fraction of sp³-hybridized carbons (Fsp3) is 0.118. The number of primary amides is 1. The smallest absolute Gasteiger partial charge is 0.269 e. The minimum Gasteiger partial charge on any atom is -0.376 e. The molecule has 0 aliphatic carbocycles. The van der Waals surface area contributed by atoms with Gasteiger partial charge in [0, 0.05) is 28.9 Å². The molecule has 3 N–H and O–H groups in total. The normalized spacial score (nSPS) is 10.5. The third-order valence-electron chi connectivity index (χ3n) is 3.83. The van der Waals surface area contributed by atoms with Crippen molar-refractivity contribution in [3.63, 3.8) is 0 Å². The Balaban J connectivity index is 1.72. The molecule has 0 saturated heterocycles. The van der Waals surface area contributed by atoms with Crippen LogP contribution in [0.1, 0.15) is 21.8 Å². The van der Waals surface area contributed by atoms with Crippen molar-refractivity contribution in [3.8, 4) is 11.4 Å². The van der Waals surface area contributed by atoms with Crippen LogP contribution < -0.4 is 11.1 Å². The molecule has 0 fully saturated rings. The molecule has 0 radical (unpaired) electrons. The van der Waals surface area contributed by atoms with Gasteiger partial charge in [-0.15, -0.1) is 0 Å². The molecule has 1 amide bonds. The van der Waals surface area contributed by atoms with Crippen molar-refractivity contribution in [2.45, 2.75) is 13.5 Å². The topological polar surface area (TPSA) is 137 Å². The van der Waals surface area contributed by atoms with Gasteiger partial charge in [-0.25, -0.2) is 0 Å². The first-order valence-corrected chi connectivity index (χ1v) is 7.66. The van der Waals surface area contributed by atoms with Crippen LogP contribution in [0.25, 0.3) is 11.4 Å². The van der Waals surface area contributed by atoms with Crippen LogP contribution >= 0.6 is 0 Å². The fourth-order valence-electron chi connectivity index (χ4n) is 2.44. The molecule has 26 heavy (non-hydrogen) atoms. The number of amides is 1. The van der Waals surface area contributed by atoms with Gasteiger partial charge in [0.15, 0.2) is 0 Å². The molecule has 1 heterocycles. The first-order valence-electron chi connectivity index (χ1n) is 7.66. The summed E-state index contributed by atoms with van der Waals surface area (Å²) in [5.41, 5.74) is 7.84. The molecule has 0 saturated carbocycles. The van der Waals surface area contributed by atoms with Gasteiger partial charge in [-0.1, -0.05) is 11.2 Å². The molecule has 2 aromatic carbocycles. The number of nitro groups is 1. The van der Waals surface area contributed by atoms with Gasteiger partial charge in [-0.3, -0.25) is 14.9 Å². The molecule has 9 nitrogen and oxygen atoms in total. The second kappa shape index (κ2) is 7.01. The van der Waals surface area contributed by atoms with E-state index in [1.807, 2.05) is 6.07 Å². The number of nitrogens with two attached hydrogens (primary N) is 1. The Bertz CT molecular complexity index is 966. The van der Waals surface area contributed by atoms with Crippen LogP contribution in [-0.4, -0.2) is 21.0 Å². The summed E-state index contributed by atoms with van der Waals surface area (Å²) in [5, 5.41) is 17.7. The number of hydrogen-bond acceptors (Lipinski definition) is 7. The molecule has 0 atom stereocenters. The van der Waals surface area contributed by atoms with Crippen molar-refractivity contribution in [2.24, 2.45) is 5.73 Å². The van der Waals surface area contributed by atoms with Gasteiger partial charge in [0.2, 0.25) is 17.6 Å². The number of anilines is 1. The fourth-order valence-corrected chi connectivity index (χ4v) is 2.44. The van der Waals surface area contributed by atoms with E-state index in [1.165, 1.54) is 12.1 Å². The largest absolute Gasteiger partial charge is 0.376 e. The van der Waals surface area contributed by atoms with Crippen molar-refractivity contribution in [1.29, 1.82) is 0 Å². The van der Waals surface area contributed by atoms with Crippen LogP contribution in [0.15, 0.2) is 47.0 Å². The highest BCUT2D eigenvalue weighted by atomic mass is 16.6. The Morgan fingerprint density at radius 3 is 2.65 bits per heavy atom. The van der Waals surface area contributed by atoms with Crippen LogP contribution in [0.5, 0.6) is 0 Å². The molecule has 3 aromatic rings. The number of aromatic nitrogens is 2. The highest BCUT2D eigenvalue weighted by Gasteiger charge is 2.12. The number of rotatable bonds is 6. The highest BCUT2D eigenvalue weighted by molar-refractivity contribution is 5.95. The first kappa shape index (κ1) is 17.1. The van der Waals surface area contributed by atoms with Crippen LogP contribution in [0.4, 0.5) is 11.4 Å². The number of benzene rings is 2. The number of carbonyl (C=O) groups excluding carboxylic acids is 1. The predicted molar refractivity (Wildman–Crippen MR) is 93.4 cm³/mol. The number of hydrogen-bond donors (Lipinski definition) is 2. The SMILES string of the molecule is Cc1c(NCc2nc(-c3ccc([N+](=O)[O-])cc3)no2)cccc1C(N)=O. The number of carbonyl (C=O) groups is 1. The molecular formula is C17H15N5O4. The maximum Gasteiger partial charge on any atom is 0.269 e. The summed E-state index contributed by atoms with van der Waals surface area (Å²) in [5.74, 6) is 0.172. The molecule has 0 aliphatic rings. The zero-order valence-electron chi connectivity index (χ0n) is 13.8. The van der Waals surface area contributed by atoms with E-state index in [1.54, 1.807) is 31.2 Å². The Morgan fingerprint density at radius 1 is 1.27 bits per heavy atom. The molecule has 0 aliphatic heterocycles. The van der Waals surface area contributed by atoms with E-state index >= 15 is 0 Å². The standard InChI is InChI=1S/C17H15N5O4/c1-10-13(16(18)23)3-2-4-14(10)19-9-15-20-17(21-26-15)11-5-7-12(8-6-11)22(24)25/h2-8,19H,9H2,1H3,(H2,18,23). The van der Waals surface area contributed by atoms with Crippen molar-refractivity contribution >= 4 is 17.3 Å². The van der Waals surface area contributed by atoms with Crippen molar-refractivity contribution < 1.29 is 14.2 Å². The van der Waals surface area contributed by atoms with Crippen molar-refractivity contribution in [2.75, 3.05) is 5.32 Å². The maximum atomic E-state index is 11.4. The van der Waals surface area contributed by atoms with E-state index in [9.17, 15) is 14.9 Å². The van der Waals surface area contributed by atoms with Crippen LogP contribution in [0, 0.1) is 17.0 Å². The number of nitro benzene ring substituents is 1. The minimum atomic E-state index is -0.496. The highest BCUT2D eigenvalue weighted by Crippen LogP contribution is 2.21. The van der Waals surface area contributed by atoms with Crippen molar-refractivity contribution in [1.82, 2.24) is 10.1 Å². The molecule has 1 aromatic heterocycles. The van der Waals surface area contributed by atoms with Crippen LogP contribution in [0.3, 0.4) is 0 Å². The van der Waals surface area contributed by atoms with Gasteiger partial charge >= 0.3 is 0 Å². The number of nitrogens with one attached hydrogen (secondary N) is 1. The molecule has 0 unspecified atom stereocenters. The molecular weight excluding hydrogens is 338 g/mol. The summed E-state index contributed by atoms with van der Waals surface area (Å²) in [6.45, 7) is 2.04. The molecule has 3 rings (SSSR count). The zero-order chi connectivity index (χ0) is 18.7. The van der Waals surface area contributed by atoms with E-state index in [-0.39, 0.29) is 12.2 Å². The van der Waals surface area contributed by atoms with Gasteiger partial charge in [0.1, 0.15) is 0 Å². The van der Waals surface area contributed by atoms with E-state index < -0.39 is 10.8 Å². The van der Waals surface area contributed by atoms with E-state index in [2.05, 4.69) is 15.5 Å². The Morgan fingerprint density at radius 2 is 2.00 bits per heavy atom. The molecule has 0 bridgehead atoms. The molecule has 132 valence electrons. The molecule has 9 heteroatoms. The minimum absolute atomic E-state index is 0.0102. The third kappa shape index (κ3) is 3.51. The lowest BCUT2D eigenvalue weighted by atomic mass is 10.1. The first-order chi connectivity index (χ1) is 12.5. The lowest BCUT2D eigenvalue weighted by Gasteiger charge is -2.09. The van der Waals surface area contributed by atoms with E-state index in [4.69, 9.17) is 10.3 Å². The van der Waals surface area contributed by atoms with Gasteiger partial charge in [-0.05, 0) is 36.8 Å². The predicted octanol–water partition coefficient (Wildman–Crippen LogP) is 2.66. The van der Waals surface area contributed by atoms with Gasteiger partial charge < -0.3 is 15.6 Å². The summed E-state index contributed by atoms with van der Waals surface area (Å²) in [4.78, 5) is 25.9. The summed E-state index contributed by atoms with van der Waals surface area (Å²) in [6.07, 6.45) is 0. The lowest BCUT2D eigenvalue weighted by molar-refractivity contribution is -0.384. The Labute approximate surface area is 148 Å². The quantitative estimate of drug-likeness (QED) is 0.513. The zero-order valence-corrected chi connectivity index (χ0v) is 13.8. The lowest BCUT2D eigenvalue weighted by Crippen LogP contribution is -2.14. The van der Waals surface area contributed by atoms with Crippen molar-refractivity contribution in [3.05, 3.63) is 69.6 Å². The van der Waals surface area contributed by atoms with Gasteiger partial charge in [0.25, 0.3) is 5.69 Å². The van der Waals surface area contributed by atoms with E-state index in [0.29, 0.717) is 22.8 Å². The number of nitrogens with zero attached hydrogens (tertiary/aromatic N) is 3. The second-order valence-electron chi connectivity index (χ2n) is 5.51. The third-order valence-corrected chi connectivity index (χ3v) is 3.83. The Hall–Kier alpha value is -3.75. The Kier molecular flexibility index (Phi) is 4.61. The second-order valence-corrected chi connectivity index (χ2v) is 5.51. The van der Waals surface area contributed by atoms with Crippen LogP contribution in [-0.2, 0) is 6.54 Å². The summed E-state index contributed by atoms with van der Waals surface area (Å²) in [7, 11) is 0. The molecule has 0 spiro atoms. The summed E-state index contributed by atoms with van der Waals surface area (Å²) < 4.78 is 5.19. The van der Waals surface area contributed by atoms with E-state index in [0.717, 1.165) is 11.3 Å². The number of non-ortho nitro benzene ring substituents is 1. The average Bonchev–Trinajstić information content (AvgIpc) is 3.09. The average molecular weight is 353 g/mol. The van der Waals surface area contributed by atoms with Gasteiger partial charge in [0.05, 0.1) is 11.5 Å². The summed E-state index contributed by atoms with van der Waals surface area (Å²) >= 11 is 0. The van der Waals surface area contributed by atoms with Crippen LogP contribution in [0.2, 0.25) is 0 Å². The van der Waals surface area contributed by atoms with Gasteiger partial charge in [-0.2, -0.15) is 4.98 Å².